The van der Waals surface area contributed by atoms with Crippen LogP contribution in [0, 0.1) is 11.8 Å². The van der Waals surface area contributed by atoms with Crippen molar-refractivity contribution in [3.63, 3.8) is 0 Å². The highest BCUT2D eigenvalue weighted by Crippen LogP contribution is 2.58. The van der Waals surface area contributed by atoms with Crippen LogP contribution in [0.25, 0.3) is 83.1 Å². The minimum atomic E-state index is -0.169. The van der Waals surface area contributed by atoms with E-state index in [1.54, 1.807) is 0 Å². The molecule has 12 aromatic carbocycles. The number of rotatable bonds is 9. The first-order valence-electron chi connectivity index (χ1n) is 36.4. The average Bonchev–Trinajstić information content (AvgIpc) is 1.11. The smallest absolute Gasteiger partial charge is 0.252 e. The van der Waals surface area contributed by atoms with Gasteiger partial charge in [-0.15, -0.1) is 0 Å². The normalized spacial score (nSPS) is 16.6. The van der Waals surface area contributed by atoms with Crippen molar-refractivity contribution in [2.24, 2.45) is 11.8 Å². The van der Waals surface area contributed by atoms with E-state index in [0.717, 1.165) is 11.6 Å². The maximum atomic E-state index is 2.82. The van der Waals surface area contributed by atoms with Crippen molar-refractivity contribution in [3.8, 4) is 61.3 Å². The quantitative estimate of drug-likeness (QED) is 0.133. The van der Waals surface area contributed by atoms with E-state index in [-0.39, 0.29) is 28.4 Å². The summed E-state index contributed by atoms with van der Waals surface area (Å²) in [6.45, 7) is 28.2. The van der Waals surface area contributed by atoms with Gasteiger partial charge in [-0.3, -0.25) is 0 Å². The molecule has 3 atom stereocenters. The van der Waals surface area contributed by atoms with Crippen molar-refractivity contribution < 1.29 is 0 Å². The second kappa shape index (κ2) is 23.4. The molecule has 0 N–H and O–H groups in total. The SMILES string of the molecule is CC(C)(C)c1cc(-c2ccccc2)c(N2c3cc(-c4ccccc4)ccc3B3c4ccc(-n5c6cc(C(C)(C)C)ccc6c6ccc(C(C)(C)C)cc65)cc4N(c4c(-c5ccccc5)cc(C(C)(C)C)cc4-c4ccccc4)c4cc(C5C[C@H]6CC[C@@H]5C6)cc2c43)c(-c2ccccc2)c1. The van der Waals surface area contributed by atoms with Crippen LogP contribution in [0.1, 0.15) is 143 Å². The topological polar surface area (TPSA) is 11.4 Å². The standard InChI is InChI=1S/C95H90BN3/c1-92(2,3)69-41-44-74-75-45-42-70(93(4,5)6)58-84(75)97(83(74)57-69)73-43-47-82-86(59-73)99(91-79(64-34-24-16-25-35-64)55-72(95(10,11)12)56-80(91)65-36-26-17-27-37-65)88-52-68(76-49-60-38-39-67(76)48-60)51-87-89(88)96(82)81-46-40-66(61-28-18-13-19-29-61)50-85(81)98(87)90-77(62-30-20-14-21-31-62)53-71(94(7,8)9)54-78(90)63-32-22-15-23-33-63/h13-37,40-47,50-60,67,76H,38-39,48-49H2,1-12H3/t60-,67+,76?/m0/s1. The number of hydrogen-bond acceptors (Lipinski definition) is 2. The van der Waals surface area contributed by atoms with Gasteiger partial charge in [0, 0.05) is 61.5 Å². The van der Waals surface area contributed by atoms with E-state index < -0.39 is 0 Å². The van der Waals surface area contributed by atoms with Gasteiger partial charge in [-0.05, 0) is 203 Å². The largest absolute Gasteiger partial charge is 0.310 e. The van der Waals surface area contributed by atoms with Gasteiger partial charge in [0.05, 0.1) is 22.4 Å². The molecule has 488 valence electrons. The summed E-state index contributed by atoms with van der Waals surface area (Å²) >= 11 is 0. The van der Waals surface area contributed by atoms with Gasteiger partial charge in [-0.25, -0.2) is 0 Å². The molecule has 1 aromatic heterocycles. The fourth-order valence-corrected chi connectivity index (χ4v) is 17.5. The van der Waals surface area contributed by atoms with Crippen LogP contribution in [0.15, 0.2) is 261 Å². The molecule has 0 spiro atoms. The highest BCUT2D eigenvalue weighted by molar-refractivity contribution is 7.00. The van der Waals surface area contributed by atoms with Crippen LogP contribution >= 0.6 is 0 Å². The Bertz CT molecular complexity index is 5110. The Kier molecular flexibility index (Phi) is 14.8. The summed E-state index contributed by atoms with van der Waals surface area (Å²) in [6.07, 6.45) is 5.10. The first-order chi connectivity index (χ1) is 47.6. The molecule has 3 heterocycles. The highest BCUT2D eigenvalue weighted by Gasteiger charge is 2.48. The molecule has 2 aliphatic heterocycles. The number of aromatic nitrogens is 1. The van der Waals surface area contributed by atoms with Gasteiger partial charge in [0.25, 0.3) is 6.71 Å². The van der Waals surface area contributed by atoms with Crippen molar-refractivity contribution in [2.75, 3.05) is 9.80 Å². The Morgan fingerprint density at radius 2 is 0.717 bits per heavy atom. The molecule has 1 unspecified atom stereocenters. The molecule has 3 nitrogen and oxygen atoms in total. The second-order valence-corrected chi connectivity index (χ2v) is 33.3. The van der Waals surface area contributed by atoms with E-state index in [4.69, 9.17) is 0 Å². The van der Waals surface area contributed by atoms with E-state index >= 15 is 0 Å². The summed E-state index contributed by atoms with van der Waals surface area (Å²) < 4.78 is 2.62. The first kappa shape index (κ1) is 62.6. The number of nitrogens with zero attached hydrogens (tertiary/aromatic N) is 3. The molecule has 0 saturated heterocycles. The molecule has 0 radical (unpaired) electrons. The predicted molar refractivity (Wildman–Crippen MR) is 425 cm³/mol. The van der Waals surface area contributed by atoms with Crippen molar-refractivity contribution >= 4 is 79.0 Å². The van der Waals surface area contributed by atoms with E-state index in [1.807, 2.05) is 0 Å². The van der Waals surface area contributed by atoms with Crippen LogP contribution in [-0.4, -0.2) is 11.3 Å². The van der Waals surface area contributed by atoms with Gasteiger partial charge in [0.15, 0.2) is 0 Å². The Morgan fingerprint density at radius 1 is 0.323 bits per heavy atom. The summed E-state index contributed by atoms with van der Waals surface area (Å²) in [5.41, 5.74) is 33.1. The van der Waals surface area contributed by atoms with Crippen LogP contribution in [0.5, 0.6) is 0 Å². The summed E-state index contributed by atoms with van der Waals surface area (Å²) in [7, 11) is 0. The molecule has 99 heavy (non-hydrogen) atoms. The lowest BCUT2D eigenvalue weighted by atomic mass is 9.33. The third kappa shape index (κ3) is 10.7. The number of benzene rings is 12. The molecule has 0 amide bonds. The molecule has 4 heteroatoms. The highest BCUT2D eigenvalue weighted by atomic mass is 15.2. The number of anilines is 6. The zero-order chi connectivity index (χ0) is 68.0. The van der Waals surface area contributed by atoms with Gasteiger partial charge in [0.1, 0.15) is 0 Å². The molecule has 2 bridgehead atoms. The molecule has 13 aromatic rings. The minimum absolute atomic E-state index is 0.0709. The molecular weight excluding hydrogens is 1190 g/mol. The maximum absolute atomic E-state index is 2.82. The molecular formula is C95H90BN3. The van der Waals surface area contributed by atoms with Gasteiger partial charge in [0.2, 0.25) is 0 Å². The Balaban J connectivity index is 1.07. The van der Waals surface area contributed by atoms with Crippen LogP contribution < -0.4 is 26.2 Å². The average molecular weight is 1280 g/mol. The van der Waals surface area contributed by atoms with Gasteiger partial charge >= 0.3 is 0 Å². The molecule has 2 fully saturated rings. The molecule has 2 saturated carbocycles. The fraction of sp³-hybridized carbons (Fsp3) is 0.242. The third-order valence-corrected chi connectivity index (χ3v) is 22.8. The van der Waals surface area contributed by atoms with E-state index in [0.29, 0.717) is 11.8 Å². The van der Waals surface area contributed by atoms with E-state index in [1.165, 1.54) is 181 Å². The van der Waals surface area contributed by atoms with Crippen molar-refractivity contribution in [1.82, 2.24) is 4.57 Å². The molecule has 17 rings (SSSR count). The van der Waals surface area contributed by atoms with Crippen LogP contribution in [-0.2, 0) is 21.7 Å². The molecule has 2 aliphatic carbocycles. The lowest BCUT2D eigenvalue weighted by Gasteiger charge is -2.46. The number of fused-ring (bicyclic) bond motifs is 9. The monoisotopic (exact) mass is 1280 g/mol. The van der Waals surface area contributed by atoms with Crippen LogP contribution in [0.4, 0.5) is 34.1 Å². The predicted octanol–water partition coefficient (Wildman–Crippen LogP) is 24.3. The minimum Gasteiger partial charge on any atom is -0.310 e. The van der Waals surface area contributed by atoms with Crippen molar-refractivity contribution in [2.45, 2.75) is 136 Å². The lowest BCUT2D eigenvalue weighted by Crippen LogP contribution is -2.61. The van der Waals surface area contributed by atoms with Crippen LogP contribution in [0.3, 0.4) is 0 Å². The van der Waals surface area contributed by atoms with Crippen LogP contribution in [0.2, 0.25) is 0 Å². The summed E-state index contributed by atoms with van der Waals surface area (Å²) in [5, 5.41) is 2.54. The Morgan fingerprint density at radius 3 is 1.10 bits per heavy atom. The lowest BCUT2D eigenvalue weighted by molar-refractivity contribution is 0.420. The van der Waals surface area contributed by atoms with Gasteiger partial charge in [-0.2, -0.15) is 0 Å². The number of hydrogen-bond donors (Lipinski definition) is 0. The fourth-order valence-electron chi connectivity index (χ4n) is 17.5. The Labute approximate surface area is 587 Å². The second-order valence-electron chi connectivity index (χ2n) is 33.3. The van der Waals surface area contributed by atoms with Crippen molar-refractivity contribution in [3.05, 3.63) is 289 Å². The van der Waals surface area contributed by atoms with E-state index in [9.17, 15) is 0 Å². The maximum Gasteiger partial charge on any atom is 0.252 e. The Hall–Kier alpha value is -9.90. The summed E-state index contributed by atoms with van der Waals surface area (Å²) in [6, 6.07) is 102. The molecule has 4 aliphatic rings. The van der Waals surface area contributed by atoms with Crippen molar-refractivity contribution in [1.29, 1.82) is 0 Å². The zero-order valence-electron chi connectivity index (χ0n) is 59.8. The first-order valence-corrected chi connectivity index (χ1v) is 36.4. The van der Waals surface area contributed by atoms with Gasteiger partial charge < -0.3 is 14.4 Å². The summed E-state index contributed by atoms with van der Waals surface area (Å²) in [5.74, 6) is 1.75. The zero-order valence-corrected chi connectivity index (χ0v) is 59.8. The third-order valence-electron chi connectivity index (χ3n) is 22.8. The van der Waals surface area contributed by atoms with E-state index in [2.05, 4.69) is 358 Å². The van der Waals surface area contributed by atoms with Gasteiger partial charge in [-0.1, -0.05) is 284 Å². The summed E-state index contributed by atoms with van der Waals surface area (Å²) in [4.78, 5) is 5.61.